The second kappa shape index (κ2) is 4.53. The molecule has 1 aromatic rings. The van der Waals surface area contributed by atoms with Gasteiger partial charge in [-0.15, -0.1) is 0 Å². The number of rotatable bonds is 2. The zero-order chi connectivity index (χ0) is 12.3. The first-order valence-electron chi connectivity index (χ1n) is 4.00. The molecule has 7 heteroatoms. The Morgan fingerprint density at radius 2 is 2.06 bits per heavy atom. The van der Waals surface area contributed by atoms with Crippen LogP contribution in [0.2, 0.25) is 0 Å². The maximum atomic E-state index is 13.1. The number of benzene rings is 1. The number of hydrogen-bond donors (Lipinski definition) is 2. The van der Waals surface area contributed by atoms with Gasteiger partial charge in [0.1, 0.15) is 6.54 Å². The summed E-state index contributed by atoms with van der Waals surface area (Å²) in [5.74, 6) is -7.58. The Bertz CT molecular complexity index is 483. The average Bonchev–Trinajstić information content (AvgIpc) is 2.28. The van der Waals surface area contributed by atoms with Gasteiger partial charge in [0.25, 0.3) is 5.91 Å². The first-order valence-corrected chi connectivity index (χ1v) is 4.00. The second-order valence-corrected chi connectivity index (χ2v) is 2.72. The minimum absolute atomic E-state index is 0.303. The number of nitriles is 1. The molecule has 0 fully saturated rings. The Morgan fingerprint density at radius 1 is 1.44 bits per heavy atom. The molecule has 0 spiro atoms. The summed E-state index contributed by atoms with van der Waals surface area (Å²) in [7, 11) is 0. The maximum Gasteiger partial charge on any atom is 0.255 e. The normalized spacial score (nSPS) is 9.62. The first-order chi connectivity index (χ1) is 7.49. The molecule has 1 amide bonds. The molecule has 0 aliphatic heterocycles. The molecule has 1 aromatic carbocycles. The summed E-state index contributed by atoms with van der Waals surface area (Å²) in [6.45, 7) is -0.419. The van der Waals surface area contributed by atoms with Crippen LogP contribution in [-0.4, -0.2) is 17.6 Å². The van der Waals surface area contributed by atoms with Crippen molar-refractivity contribution in [3.8, 4) is 11.8 Å². The van der Waals surface area contributed by atoms with Crippen LogP contribution in [0.5, 0.6) is 5.75 Å². The third-order valence-electron chi connectivity index (χ3n) is 1.71. The standard InChI is InChI=1S/C9H5F3N2O2/c10-5-3-4(9(16)14-2-1-13)6(11)8(15)7(5)12/h3,15H,2H2,(H,14,16). The van der Waals surface area contributed by atoms with Crippen molar-refractivity contribution < 1.29 is 23.1 Å². The fourth-order valence-electron chi connectivity index (χ4n) is 0.971. The predicted molar refractivity (Wildman–Crippen MR) is 45.9 cm³/mol. The van der Waals surface area contributed by atoms with Gasteiger partial charge in [0, 0.05) is 0 Å². The van der Waals surface area contributed by atoms with Gasteiger partial charge in [-0.1, -0.05) is 0 Å². The van der Waals surface area contributed by atoms with Crippen LogP contribution in [0.25, 0.3) is 0 Å². The van der Waals surface area contributed by atoms with Crippen LogP contribution in [0, 0.1) is 28.8 Å². The third kappa shape index (κ3) is 2.06. The lowest BCUT2D eigenvalue weighted by atomic mass is 10.1. The lowest BCUT2D eigenvalue weighted by Gasteiger charge is -2.05. The summed E-state index contributed by atoms with van der Waals surface area (Å²) in [5, 5.41) is 18.9. The molecule has 2 N–H and O–H groups in total. The highest BCUT2D eigenvalue weighted by Gasteiger charge is 2.22. The lowest BCUT2D eigenvalue weighted by molar-refractivity contribution is 0.0952. The van der Waals surface area contributed by atoms with E-state index in [1.807, 2.05) is 5.32 Å². The van der Waals surface area contributed by atoms with E-state index in [1.165, 1.54) is 0 Å². The number of hydrogen-bond acceptors (Lipinski definition) is 3. The number of carbonyl (C=O) groups is 1. The minimum atomic E-state index is -1.77. The minimum Gasteiger partial charge on any atom is -0.503 e. The molecule has 0 saturated carbocycles. The largest absolute Gasteiger partial charge is 0.503 e. The quantitative estimate of drug-likeness (QED) is 0.589. The van der Waals surface area contributed by atoms with E-state index in [4.69, 9.17) is 10.4 Å². The van der Waals surface area contributed by atoms with Crippen molar-refractivity contribution in [2.75, 3.05) is 6.54 Å². The molecule has 0 saturated heterocycles. The summed E-state index contributed by atoms with van der Waals surface area (Å²) < 4.78 is 38.5. The van der Waals surface area contributed by atoms with E-state index < -0.39 is 41.2 Å². The molecular formula is C9H5F3N2O2. The van der Waals surface area contributed by atoms with Crippen molar-refractivity contribution >= 4 is 5.91 Å². The van der Waals surface area contributed by atoms with E-state index in [-0.39, 0.29) is 0 Å². The van der Waals surface area contributed by atoms with Gasteiger partial charge in [-0.3, -0.25) is 4.79 Å². The molecule has 4 nitrogen and oxygen atoms in total. The van der Waals surface area contributed by atoms with E-state index >= 15 is 0 Å². The van der Waals surface area contributed by atoms with Crippen LogP contribution in [-0.2, 0) is 0 Å². The molecule has 0 atom stereocenters. The van der Waals surface area contributed by atoms with Gasteiger partial charge in [-0.25, -0.2) is 8.78 Å². The van der Waals surface area contributed by atoms with Crippen LogP contribution in [0.15, 0.2) is 6.07 Å². The van der Waals surface area contributed by atoms with Crippen LogP contribution in [0.1, 0.15) is 10.4 Å². The SMILES string of the molecule is N#CCNC(=O)c1cc(F)c(F)c(O)c1F. The number of halogens is 3. The van der Waals surface area contributed by atoms with Gasteiger partial charge >= 0.3 is 0 Å². The van der Waals surface area contributed by atoms with Gasteiger partial charge in [-0.05, 0) is 6.07 Å². The van der Waals surface area contributed by atoms with E-state index in [0.29, 0.717) is 6.07 Å². The summed E-state index contributed by atoms with van der Waals surface area (Å²) in [6.07, 6.45) is 0. The Kier molecular flexibility index (Phi) is 3.35. The van der Waals surface area contributed by atoms with Crippen molar-refractivity contribution in [1.29, 1.82) is 5.26 Å². The fourth-order valence-corrected chi connectivity index (χ4v) is 0.971. The molecule has 0 aliphatic carbocycles. The van der Waals surface area contributed by atoms with E-state index in [1.54, 1.807) is 6.07 Å². The Labute approximate surface area is 87.9 Å². The Hall–Kier alpha value is -2.23. The molecule has 0 aliphatic rings. The lowest BCUT2D eigenvalue weighted by Crippen LogP contribution is -2.25. The number of amides is 1. The molecule has 0 bridgehead atoms. The zero-order valence-electron chi connectivity index (χ0n) is 7.72. The molecule has 0 aromatic heterocycles. The summed E-state index contributed by atoms with van der Waals surface area (Å²) in [4.78, 5) is 11.1. The van der Waals surface area contributed by atoms with Gasteiger partial charge in [-0.2, -0.15) is 9.65 Å². The van der Waals surface area contributed by atoms with E-state index in [0.717, 1.165) is 0 Å². The first kappa shape index (κ1) is 11.8. The molecular weight excluding hydrogens is 225 g/mol. The highest BCUT2D eigenvalue weighted by molar-refractivity contribution is 5.95. The molecule has 16 heavy (non-hydrogen) atoms. The van der Waals surface area contributed by atoms with Crippen LogP contribution >= 0.6 is 0 Å². The van der Waals surface area contributed by atoms with Crippen molar-refractivity contribution in [2.45, 2.75) is 0 Å². The van der Waals surface area contributed by atoms with Crippen molar-refractivity contribution in [3.05, 3.63) is 29.1 Å². The summed E-state index contributed by atoms with van der Waals surface area (Å²) in [5.41, 5.74) is -0.869. The second-order valence-electron chi connectivity index (χ2n) is 2.72. The van der Waals surface area contributed by atoms with Crippen molar-refractivity contribution in [3.63, 3.8) is 0 Å². The van der Waals surface area contributed by atoms with Crippen molar-refractivity contribution in [1.82, 2.24) is 5.32 Å². The Balaban J connectivity index is 3.16. The number of nitrogens with zero attached hydrogens (tertiary/aromatic N) is 1. The van der Waals surface area contributed by atoms with Crippen LogP contribution in [0.4, 0.5) is 13.2 Å². The van der Waals surface area contributed by atoms with E-state index in [9.17, 15) is 18.0 Å². The van der Waals surface area contributed by atoms with Gasteiger partial charge in [0.05, 0.1) is 11.6 Å². The Morgan fingerprint density at radius 3 is 2.62 bits per heavy atom. The predicted octanol–water partition coefficient (Wildman–Crippen LogP) is 1.06. The number of carbonyl (C=O) groups excluding carboxylic acids is 1. The molecule has 84 valence electrons. The van der Waals surface area contributed by atoms with E-state index in [2.05, 4.69) is 0 Å². The average molecular weight is 230 g/mol. The molecule has 0 radical (unpaired) electrons. The van der Waals surface area contributed by atoms with Crippen LogP contribution in [0.3, 0.4) is 0 Å². The molecule has 1 rings (SSSR count). The number of phenols is 1. The van der Waals surface area contributed by atoms with Gasteiger partial charge < -0.3 is 10.4 Å². The monoisotopic (exact) mass is 230 g/mol. The van der Waals surface area contributed by atoms with Crippen molar-refractivity contribution in [2.24, 2.45) is 0 Å². The molecule has 0 heterocycles. The van der Waals surface area contributed by atoms with Gasteiger partial charge in [0.2, 0.25) is 5.82 Å². The fraction of sp³-hybridized carbons (Fsp3) is 0.111. The maximum absolute atomic E-state index is 13.1. The summed E-state index contributed by atoms with van der Waals surface area (Å²) >= 11 is 0. The number of aromatic hydroxyl groups is 1. The highest BCUT2D eigenvalue weighted by atomic mass is 19.2. The topological polar surface area (TPSA) is 73.1 Å². The van der Waals surface area contributed by atoms with Gasteiger partial charge in [0.15, 0.2) is 17.4 Å². The smallest absolute Gasteiger partial charge is 0.255 e. The number of nitrogens with one attached hydrogen (secondary N) is 1. The summed E-state index contributed by atoms with van der Waals surface area (Å²) in [6, 6.07) is 1.85. The highest BCUT2D eigenvalue weighted by Crippen LogP contribution is 2.25. The third-order valence-corrected chi connectivity index (χ3v) is 1.71. The number of phenolic OH excluding ortho intramolecular Hbond substituents is 1. The molecule has 0 unspecified atom stereocenters. The van der Waals surface area contributed by atoms with Crippen LogP contribution < -0.4 is 5.32 Å². The zero-order valence-corrected chi connectivity index (χ0v) is 7.72.